The Hall–Kier alpha value is -3.10. The normalized spacial score (nSPS) is 59.0. The molecule has 0 amide bonds. The van der Waals surface area contributed by atoms with Gasteiger partial charge in [0, 0.05) is 0 Å². The van der Waals surface area contributed by atoms with Gasteiger partial charge in [0.2, 0.25) is 11.3 Å². The van der Waals surface area contributed by atoms with Crippen molar-refractivity contribution in [2.24, 2.45) is 0 Å². The van der Waals surface area contributed by atoms with E-state index in [2.05, 4.69) is 0 Å². The minimum atomic E-state index is -8.11. The number of carboxylic acid groups (broad SMARTS) is 4. The molecule has 0 radical (unpaired) electrons. The second kappa shape index (κ2) is 5.61. The van der Waals surface area contributed by atoms with E-state index in [0.29, 0.717) is 0 Å². The van der Waals surface area contributed by atoms with E-state index in [1.807, 2.05) is 0 Å². The van der Waals surface area contributed by atoms with Gasteiger partial charge in [-0.05, 0) is 0 Å². The number of alkyl halides is 14. The number of hydrogen-bond donors (Lipinski definition) is 4. The Kier molecular flexibility index (Phi) is 4.12. The van der Waals surface area contributed by atoms with Crippen LogP contribution in [-0.4, -0.2) is 113 Å². The first kappa shape index (κ1) is 27.9. The molecule has 4 aliphatic rings. The van der Waals surface area contributed by atoms with Crippen molar-refractivity contribution < 1.29 is 101 Å². The van der Waals surface area contributed by atoms with E-state index < -0.39 is 92.4 Å². The highest BCUT2D eigenvalue weighted by Crippen LogP contribution is 2.95. The lowest BCUT2D eigenvalue weighted by atomic mass is 9.49. The number of carboxylic acids is 4. The van der Waals surface area contributed by atoms with Crippen LogP contribution in [0.1, 0.15) is 0 Å². The number of aliphatic carboxylic acids is 4. The highest BCUT2D eigenvalue weighted by Gasteiger charge is 3.31. The van der Waals surface area contributed by atoms with E-state index >= 15 is 61.5 Å². The molecule has 4 saturated carbocycles. The molecule has 4 bridgehead atoms. The van der Waals surface area contributed by atoms with Crippen LogP contribution in [0.4, 0.5) is 61.5 Å². The van der Waals surface area contributed by atoms with Crippen LogP contribution >= 0.6 is 0 Å². The number of fused-ring (bicyclic) bond motifs is 9. The molecule has 0 aromatic carbocycles. The van der Waals surface area contributed by atoms with Crippen LogP contribution in [0.2, 0.25) is 0 Å². The van der Waals surface area contributed by atoms with Crippen LogP contribution in [-0.2, 0) is 19.2 Å². The van der Waals surface area contributed by atoms with Gasteiger partial charge in [0.05, 0.1) is 0 Å². The van der Waals surface area contributed by atoms with Gasteiger partial charge in [0.25, 0.3) is 45.4 Å². The summed E-state index contributed by atoms with van der Waals surface area (Å²) in [6.45, 7) is 0. The summed E-state index contributed by atoms with van der Waals surface area (Å²) in [4.78, 5) is 45.2. The standard InChI is InChI=1S/C16H4F14O8/c17-5(1(31)32)6(18,2(33)34)10(22)14(26)12(24)8(20,4(37)38)7(19,3(35)36)11(23,16(12,29)30)13(14,25)9(5,21)15(10,27)28/h(H,31,32)(H,33,34)(H,35,36)(H,37,38). The van der Waals surface area contributed by atoms with Gasteiger partial charge < -0.3 is 20.4 Å². The third-order valence-corrected chi connectivity index (χ3v) is 8.13. The van der Waals surface area contributed by atoms with Gasteiger partial charge in [-0.25, -0.2) is 63.1 Å². The third-order valence-electron chi connectivity index (χ3n) is 8.13. The second-order valence-corrected chi connectivity index (χ2v) is 8.95. The summed E-state index contributed by atoms with van der Waals surface area (Å²) in [5.74, 6) is -34.0. The van der Waals surface area contributed by atoms with Crippen molar-refractivity contribution in [3.05, 3.63) is 0 Å². The van der Waals surface area contributed by atoms with Gasteiger partial charge in [0.15, 0.2) is 0 Å². The summed E-state index contributed by atoms with van der Waals surface area (Å²) in [6, 6.07) is 0. The maximum atomic E-state index is 16.2. The van der Waals surface area contributed by atoms with Crippen molar-refractivity contribution in [1.82, 2.24) is 0 Å². The molecule has 0 spiro atoms. The molecule has 38 heavy (non-hydrogen) atoms. The van der Waals surface area contributed by atoms with Gasteiger partial charge in [-0.1, -0.05) is 0 Å². The molecule has 214 valence electrons. The predicted octanol–water partition coefficient (Wildman–Crippen LogP) is 1.73. The summed E-state index contributed by atoms with van der Waals surface area (Å²) in [5.41, 5.74) is -78.2. The maximum absolute atomic E-state index is 16.2. The highest BCUT2D eigenvalue weighted by atomic mass is 19.3. The predicted molar refractivity (Wildman–Crippen MR) is 78.8 cm³/mol. The van der Waals surface area contributed by atoms with Crippen molar-refractivity contribution in [2.75, 3.05) is 0 Å². The molecule has 8 unspecified atom stereocenters. The topological polar surface area (TPSA) is 149 Å². The quantitative estimate of drug-likeness (QED) is 0.286. The van der Waals surface area contributed by atoms with E-state index in [-0.39, 0.29) is 0 Å². The smallest absolute Gasteiger partial charge is 0.349 e. The fourth-order valence-corrected chi connectivity index (χ4v) is 6.71. The van der Waals surface area contributed by atoms with Crippen molar-refractivity contribution in [3.8, 4) is 0 Å². The third kappa shape index (κ3) is 1.38. The zero-order valence-electron chi connectivity index (χ0n) is 16.7. The molecular formula is C16H4F14O8. The molecule has 4 fully saturated rings. The van der Waals surface area contributed by atoms with Crippen molar-refractivity contribution in [2.45, 2.75) is 68.5 Å². The number of hydrogen-bond acceptors (Lipinski definition) is 4. The Morgan fingerprint density at radius 2 is 0.447 bits per heavy atom. The average molecular weight is 590 g/mol. The van der Waals surface area contributed by atoms with Gasteiger partial charge >= 0.3 is 35.7 Å². The molecule has 8 nitrogen and oxygen atoms in total. The van der Waals surface area contributed by atoms with Crippen molar-refractivity contribution >= 4 is 23.9 Å². The van der Waals surface area contributed by atoms with E-state index in [1.54, 1.807) is 0 Å². The van der Waals surface area contributed by atoms with Crippen molar-refractivity contribution in [3.63, 3.8) is 0 Å². The van der Waals surface area contributed by atoms with E-state index in [9.17, 15) is 19.2 Å². The van der Waals surface area contributed by atoms with E-state index in [4.69, 9.17) is 20.4 Å². The van der Waals surface area contributed by atoms with Crippen LogP contribution < -0.4 is 0 Å². The number of halogens is 14. The Labute approximate surface area is 194 Å². The molecule has 0 aliphatic heterocycles. The Balaban J connectivity index is 2.47. The molecule has 4 N–H and O–H groups in total. The largest absolute Gasteiger partial charge is 0.479 e. The molecule has 22 heteroatoms. The van der Waals surface area contributed by atoms with Crippen LogP contribution in [0.25, 0.3) is 0 Å². The van der Waals surface area contributed by atoms with Gasteiger partial charge in [0.1, 0.15) is 0 Å². The molecule has 0 saturated heterocycles. The first-order valence-corrected chi connectivity index (χ1v) is 9.11. The Morgan fingerprint density at radius 3 is 0.553 bits per heavy atom. The Bertz CT molecular complexity index is 1110. The second-order valence-electron chi connectivity index (χ2n) is 8.95. The first-order valence-electron chi connectivity index (χ1n) is 9.11. The van der Waals surface area contributed by atoms with E-state index in [1.165, 1.54) is 0 Å². The SMILES string of the molecule is O=C(O)C1(F)C(F)(C(=O)O)C2(F)C(F)(F)C1(F)C1(F)C3(F)C(F)(F)C(F)(C(F)(C(=O)O)C3(F)C(=O)O)C21F. The summed E-state index contributed by atoms with van der Waals surface area (Å²) < 4.78 is 218. The fourth-order valence-electron chi connectivity index (χ4n) is 6.71. The minimum absolute atomic E-state index is 4.53. The van der Waals surface area contributed by atoms with Gasteiger partial charge in [-0.3, -0.25) is 0 Å². The van der Waals surface area contributed by atoms with Crippen LogP contribution in [0.5, 0.6) is 0 Å². The highest BCUT2D eigenvalue weighted by molar-refractivity contribution is 6.03. The Morgan fingerprint density at radius 1 is 0.316 bits per heavy atom. The summed E-state index contributed by atoms with van der Waals surface area (Å²) >= 11 is 0. The molecule has 4 rings (SSSR count). The minimum Gasteiger partial charge on any atom is -0.479 e. The zero-order chi connectivity index (χ0) is 30.3. The molecule has 0 aromatic heterocycles. The van der Waals surface area contributed by atoms with Crippen LogP contribution in [0, 0.1) is 0 Å². The van der Waals surface area contributed by atoms with E-state index in [0.717, 1.165) is 0 Å². The van der Waals surface area contributed by atoms with Crippen molar-refractivity contribution in [1.29, 1.82) is 0 Å². The molecule has 0 aromatic rings. The molecule has 0 heterocycles. The molecular weight excluding hydrogens is 586 g/mol. The summed E-state index contributed by atoms with van der Waals surface area (Å²) in [5, 5.41) is 35.2. The average Bonchev–Trinajstić information content (AvgIpc) is 3.03. The summed E-state index contributed by atoms with van der Waals surface area (Å²) in [7, 11) is 0. The first-order chi connectivity index (χ1) is 16.5. The fraction of sp³-hybridized carbons (Fsp3) is 0.750. The number of carbonyl (C=O) groups is 4. The van der Waals surface area contributed by atoms with Crippen LogP contribution in [0.15, 0.2) is 0 Å². The lowest BCUT2D eigenvalue weighted by Gasteiger charge is -2.58. The molecule has 4 aliphatic carbocycles. The zero-order valence-corrected chi connectivity index (χ0v) is 16.7. The summed E-state index contributed by atoms with van der Waals surface area (Å²) in [6.07, 6.45) is 0. The monoisotopic (exact) mass is 590 g/mol. The van der Waals surface area contributed by atoms with Gasteiger partial charge in [-0.2, -0.15) is 17.6 Å². The van der Waals surface area contributed by atoms with Crippen LogP contribution in [0.3, 0.4) is 0 Å². The van der Waals surface area contributed by atoms with Gasteiger partial charge in [-0.15, -0.1) is 0 Å². The molecule has 8 atom stereocenters. The lowest BCUT2D eigenvalue weighted by molar-refractivity contribution is -0.343. The maximum Gasteiger partial charge on any atom is 0.349 e. The number of rotatable bonds is 4. The lowest BCUT2D eigenvalue weighted by Crippen LogP contribution is -2.94.